The van der Waals surface area contributed by atoms with Crippen molar-refractivity contribution < 1.29 is 9.59 Å². The van der Waals surface area contributed by atoms with Crippen molar-refractivity contribution in [2.24, 2.45) is 5.41 Å². The van der Waals surface area contributed by atoms with E-state index in [9.17, 15) is 9.59 Å². The second-order valence-corrected chi connectivity index (χ2v) is 8.90. The normalized spacial score (nSPS) is 11.4. The Kier molecular flexibility index (Phi) is 6.13. The number of carbonyl (C=O) groups excluding carboxylic acids is 2. The monoisotopic (exact) mass is 468 g/mol. The maximum atomic E-state index is 13.3. The summed E-state index contributed by atoms with van der Waals surface area (Å²) in [6, 6.07) is 14.1. The Hall–Kier alpha value is -4.46. The molecular formula is C27H28N6O2. The standard InChI is InChI=1S/C27H28N6O2/c1-5-10-27(4,25(34)32-17-6-8-23-19(13-17)21(28)11-15(2)30-23)26(35)33-18-7-9-24-20(14-18)22(29)12-16(3)31-24/h5-9,11-14H,1,10H2,2-4H3,(H2,28,30)(H2,29,31)(H,32,34)(H,33,35). The Morgan fingerprint density at radius 3 is 1.69 bits per heavy atom. The summed E-state index contributed by atoms with van der Waals surface area (Å²) >= 11 is 0. The van der Waals surface area contributed by atoms with Crippen molar-refractivity contribution in [3.8, 4) is 0 Å². The molecule has 0 unspecified atom stereocenters. The molecule has 4 rings (SSSR count). The molecule has 2 amide bonds. The van der Waals surface area contributed by atoms with Gasteiger partial charge in [-0.05, 0) is 75.7 Å². The fourth-order valence-electron chi connectivity index (χ4n) is 4.05. The van der Waals surface area contributed by atoms with Gasteiger partial charge in [0.15, 0.2) is 0 Å². The first-order valence-electron chi connectivity index (χ1n) is 11.2. The lowest BCUT2D eigenvalue weighted by atomic mass is 9.84. The van der Waals surface area contributed by atoms with Crippen LogP contribution in [0.5, 0.6) is 0 Å². The van der Waals surface area contributed by atoms with Crippen molar-refractivity contribution in [1.82, 2.24) is 9.97 Å². The smallest absolute Gasteiger partial charge is 0.240 e. The fourth-order valence-corrected chi connectivity index (χ4v) is 4.05. The number of amides is 2. The molecule has 0 saturated carbocycles. The minimum Gasteiger partial charge on any atom is -0.398 e. The van der Waals surface area contributed by atoms with Crippen molar-refractivity contribution >= 4 is 56.4 Å². The molecule has 0 atom stereocenters. The maximum absolute atomic E-state index is 13.3. The predicted molar refractivity (Wildman–Crippen MR) is 142 cm³/mol. The fraction of sp³-hybridized carbons (Fsp3) is 0.185. The van der Waals surface area contributed by atoms with E-state index in [1.807, 2.05) is 13.8 Å². The minimum atomic E-state index is -1.42. The average molecular weight is 469 g/mol. The van der Waals surface area contributed by atoms with Crippen LogP contribution in [0.25, 0.3) is 21.8 Å². The third-order valence-electron chi connectivity index (χ3n) is 6.01. The number of nitrogens with two attached hydrogens (primary N) is 2. The molecule has 0 aliphatic heterocycles. The summed E-state index contributed by atoms with van der Waals surface area (Å²) < 4.78 is 0. The van der Waals surface area contributed by atoms with Crippen LogP contribution in [-0.2, 0) is 9.59 Å². The van der Waals surface area contributed by atoms with Crippen LogP contribution in [0, 0.1) is 19.3 Å². The molecule has 178 valence electrons. The Morgan fingerprint density at radius 2 is 1.29 bits per heavy atom. The van der Waals surface area contributed by atoms with Gasteiger partial charge in [0.05, 0.1) is 11.0 Å². The molecule has 2 aromatic carbocycles. The number of nitrogens with one attached hydrogen (secondary N) is 2. The number of aromatic nitrogens is 2. The number of pyridine rings is 2. The number of nitrogens with zero attached hydrogens (tertiary/aromatic N) is 2. The second-order valence-electron chi connectivity index (χ2n) is 8.90. The number of benzene rings is 2. The molecule has 0 saturated heterocycles. The van der Waals surface area contributed by atoms with E-state index in [4.69, 9.17) is 11.5 Å². The number of fused-ring (bicyclic) bond motifs is 2. The van der Waals surface area contributed by atoms with Crippen LogP contribution >= 0.6 is 0 Å². The summed E-state index contributed by atoms with van der Waals surface area (Å²) in [5.41, 5.74) is 16.1. The molecule has 8 nitrogen and oxygen atoms in total. The van der Waals surface area contributed by atoms with Gasteiger partial charge >= 0.3 is 0 Å². The molecule has 2 heterocycles. The van der Waals surface area contributed by atoms with E-state index < -0.39 is 17.2 Å². The van der Waals surface area contributed by atoms with Crippen LogP contribution in [0.2, 0.25) is 0 Å². The highest BCUT2D eigenvalue weighted by atomic mass is 16.2. The van der Waals surface area contributed by atoms with Gasteiger partial charge in [-0.15, -0.1) is 6.58 Å². The lowest BCUT2D eigenvalue weighted by Gasteiger charge is -2.26. The molecule has 4 aromatic rings. The van der Waals surface area contributed by atoms with E-state index in [0.717, 1.165) is 33.2 Å². The van der Waals surface area contributed by atoms with Crippen LogP contribution in [0.4, 0.5) is 22.7 Å². The van der Waals surface area contributed by atoms with Gasteiger partial charge in [0.2, 0.25) is 11.8 Å². The Labute approximate surface area is 203 Å². The molecule has 0 bridgehead atoms. The van der Waals surface area contributed by atoms with Crippen molar-refractivity contribution in [2.75, 3.05) is 22.1 Å². The topological polar surface area (TPSA) is 136 Å². The molecule has 6 N–H and O–H groups in total. The van der Waals surface area contributed by atoms with Gasteiger partial charge in [-0.3, -0.25) is 19.6 Å². The minimum absolute atomic E-state index is 0.137. The van der Waals surface area contributed by atoms with Crippen LogP contribution in [0.3, 0.4) is 0 Å². The predicted octanol–water partition coefficient (Wildman–Crippen LogP) is 4.72. The lowest BCUT2D eigenvalue weighted by Crippen LogP contribution is -2.43. The highest BCUT2D eigenvalue weighted by molar-refractivity contribution is 6.15. The largest absolute Gasteiger partial charge is 0.398 e. The maximum Gasteiger partial charge on any atom is 0.240 e. The van der Waals surface area contributed by atoms with Crippen LogP contribution in [-0.4, -0.2) is 21.8 Å². The summed E-state index contributed by atoms with van der Waals surface area (Å²) in [6.45, 7) is 9.05. The summed E-state index contributed by atoms with van der Waals surface area (Å²) in [4.78, 5) is 35.6. The van der Waals surface area contributed by atoms with E-state index in [1.54, 1.807) is 61.5 Å². The number of anilines is 4. The number of allylic oxidation sites excluding steroid dienone is 1. The molecule has 0 aliphatic carbocycles. The van der Waals surface area contributed by atoms with Gasteiger partial charge in [0.25, 0.3) is 0 Å². The molecule has 0 fully saturated rings. The number of rotatable bonds is 6. The van der Waals surface area contributed by atoms with E-state index in [0.29, 0.717) is 22.7 Å². The highest BCUT2D eigenvalue weighted by Gasteiger charge is 2.40. The SMILES string of the molecule is C=CCC(C)(C(=O)Nc1ccc2nc(C)cc(N)c2c1)C(=O)Nc1ccc2nc(C)cc(N)c2c1. The molecule has 0 radical (unpaired) electrons. The van der Waals surface area contributed by atoms with Gasteiger partial charge in [0, 0.05) is 44.9 Å². The highest BCUT2D eigenvalue weighted by Crippen LogP contribution is 2.30. The zero-order chi connectivity index (χ0) is 25.3. The molecular weight excluding hydrogens is 440 g/mol. The summed E-state index contributed by atoms with van der Waals surface area (Å²) in [7, 11) is 0. The lowest BCUT2D eigenvalue weighted by molar-refractivity contribution is -0.136. The molecule has 0 spiro atoms. The number of carbonyl (C=O) groups is 2. The summed E-state index contributed by atoms with van der Waals surface area (Å²) in [5, 5.41) is 7.15. The number of hydrogen-bond donors (Lipinski definition) is 4. The van der Waals surface area contributed by atoms with Gasteiger partial charge in [0.1, 0.15) is 5.41 Å². The van der Waals surface area contributed by atoms with E-state index in [1.165, 1.54) is 0 Å². The molecule has 35 heavy (non-hydrogen) atoms. The number of hydrogen-bond acceptors (Lipinski definition) is 6. The van der Waals surface area contributed by atoms with Crippen molar-refractivity contribution in [3.05, 3.63) is 72.6 Å². The van der Waals surface area contributed by atoms with Gasteiger partial charge in [-0.1, -0.05) is 6.08 Å². The van der Waals surface area contributed by atoms with E-state index in [-0.39, 0.29) is 6.42 Å². The number of nitrogen functional groups attached to an aromatic ring is 2. The molecule has 2 aromatic heterocycles. The first kappa shape index (κ1) is 23.7. The van der Waals surface area contributed by atoms with Crippen molar-refractivity contribution in [2.45, 2.75) is 27.2 Å². The zero-order valence-corrected chi connectivity index (χ0v) is 20.0. The summed E-state index contributed by atoms with van der Waals surface area (Å²) in [5.74, 6) is -0.934. The van der Waals surface area contributed by atoms with Crippen LogP contribution in [0.15, 0.2) is 61.2 Å². The van der Waals surface area contributed by atoms with E-state index >= 15 is 0 Å². The quantitative estimate of drug-likeness (QED) is 0.239. The summed E-state index contributed by atoms with van der Waals surface area (Å²) in [6.07, 6.45) is 1.69. The molecule has 0 aliphatic rings. The van der Waals surface area contributed by atoms with Crippen LogP contribution < -0.4 is 22.1 Å². The Balaban J connectivity index is 1.60. The number of aryl methyl sites for hydroxylation is 2. The third-order valence-corrected chi connectivity index (χ3v) is 6.01. The van der Waals surface area contributed by atoms with Crippen molar-refractivity contribution in [3.63, 3.8) is 0 Å². The molecule has 8 heteroatoms. The Bertz CT molecular complexity index is 1390. The average Bonchev–Trinajstić information content (AvgIpc) is 2.79. The first-order chi connectivity index (χ1) is 16.6. The third kappa shape index (κ3) is 4.63. The van der Waals surface area contributed by atoms with Gasteiger partial charge < -0.3 is 22.1 Å². The van der Waals surface area contributed by atoms with E-state index in [2.05, 4.69) is 27.2 Å². The van der Waals surface area contributed by atoms with Gasteiger partial charge in [-0.25, -0.2) is 0 Å². The second kappa shape index (κ2) is 9.06. The Morgan fingerprint density at radius 1 is 0.857 bits per heavy atom. The zero-order valence-electron chi connectivity index (χ0n) is 20.0. The van der Waals surface area contributed by atoms with Gasteiger partial charge in [-0.2, -0.15) is 0 Å². The van der Waals surface area contributed by atoms with Crippen LogP contribution in [0.1, 0.15) is 24.7 Å². The van der Waals surface area contributed by atoms with Crippen molar-refractivity contribution in [1.29, 1.82) is 0 Å². The first-order valence-corrected chi connectivity index (χ1v) is 11.2.